The van der Waals surface area contributed by atoms with E-state index < -0.39 is 5.97 Å². The second-order valence-electron chi connectivity index (χ2n) is 5.22. The summed E-state index contributed by atoms with van der Waals surface area (Å²) in [7, 11) is 0. The minimum atomic E-state index is -0.945. The molecule has 2 aliphatic heterocycles. The molecule has 3 atom stereocenters. The fourth-order valence-electron chi connectivity index (χ4n) is 3.19. The third-order valence-corrected chi connectivity index (χ3v) is 4.11. The van der Waals surface area contributed by atoms with Crippen molar-refractivity contribution in [2.24, 2.45) is 0 Å². The lowest BCUT2D eigenvalue weighted by Crippen LogP contribution is -2.21. The lowest BCUT2D eigenvalue weighted by molar-refractivity contribution is 0.0697. The molecule has 1 N–H and O–H groups in total. The largest absolute Gasteiger partial charge is 0.478 e. The molecule has 3 heterocycles. The molecule has 2 saturated heterocycles. The van der Waals surface area contributed by atoms with Crippen molar-refractivity contribution in [3.05, 3.63) is 23.8 Å². The third kappa shape index (κ3) is 1.56. The van der Waals surface area contributed by atoms with Crippen LogP contribution >= 0.6 is 0 Å². The van der Waals surface area contributed by atoms with Gasteiger partial charge in [0.2, 0.25) is 0 Å². The van der Waals surface area contributed by atoms with Crippen molar-refractivity contribution in [2.45, 2.75) is 37.5 Å². The molecule has 19 heavy (non-hydrogen) atoms. The number of fused-ring (bicyclic) bond motifs is 3. The number of ether oxygens (including phenoxy) is 1. The summed E-state index contributed by atoms with van der Waals surface area (Å²) in [6.45, 7) is 0. The van der Waals surface area contributed by atoms with Gasteiger partial charge in [-0.3, -0.25) is 0 Å². The van der Waals surface area contributed by atoms with Gasteiger partial charge in [0.25, 0.3) is 0 Å². The van der Waals surface area contributed by atoms with Gasteiger partial charge in [-0.25, -0.2) is 9.48 Å². The first-order valence-corrected chi connectivity index (χ1v) is 6.46. The molecule has 4 rings (SSSR count). The maximum atomic E-state index is 10.9. The van der Waals surface area contributed by atoms with Crippen molar-refractivity contribution in [2.75, 3.05) is 0 Å². The van der Waals surface area contributed by atoms with Crippen LogP contribution in [-0.2, 0) is 4.74 Å². The number of nitrogens with zero attached hydrogens (tertiary/aromatic N) is 3. The highest BCUT2D eigenvalue weighted by Crippen LogP contribution is 2.42. The Morgan fingerprint density at radius 2 is 2.32 bits per heavy atom. The van der Waals surface area contributed by atoms with Gasteiger partial charge in [-0.2, -0.15) is 0 Å². The molecule has 0 saturated carbocycles. The van der Waals surface area contributed by atoms with Gasteiger partial charge in [0.05, 0.1) is 29.3 Å². The van der Waals surface area contributed by atoms with Crippen LogP contribution in [0.3, 0.4) is 0 Å². The van der Waals surface area contributed by atoms with Crippen LogP contribution in [-0.4, -0.2) is 38.3 Å². The molecule has 2 bridgehead atoms. The zero-order valence-electron chi connectivity index (χ0n) is 10.2. The Hall–Kier alpha value is -1.95. The van der Waals surface area contributed by atoms with E-state index in [4.69, 9.17) is 9.84 Å². The number of aromatic nitrogens is 3. The van der Waals surface area contributed by atoms with Crippen molar-refractivity contribution >= 4 is 17.0 Å². The summed E-state index contributed by atoms with van der Waals surface area (Å²) in [5.74, 6) is -0.945. The van der Waals surface area contributed by atoms with Crippen LogP contribution in [0.15, 0.2) is 18.2 Å². The topological polar surface area (TPSA) is 77.2 Å². The smallest absolute Gasteiger partial charge is 0.335 e. The van der Waals surface area contributed by atoms with Crippen LogP contribution < -0.4 is 0 Å². The number of hydrogen-bond acceptors (Lipinski definition) is 4. The Balaban J connectivity index is 1.77. The van der Waals surface area contributed by atoms with Crippen LogP contribution in [0, 0.1) is 0 Å². The first kappa shape index (κ1) is 10.9. The molecule has 1 aromatic heterocycles. The monoisotopic (exact) mass is 259 g/mol. The van der Waals surface area contributed by atoms with Crippen LogP contribution in [0.4, 0.5) is 0 Å². The molecule has 0 radical (unpaired) electrons. The number of rotatable bonds is 2. The lowest BCUT2D eigenvalue weighted by atomic mass is 9.95. The Morgan fingerprint density at radius 3 is 3.00 bits per heavy atom. The minimum Gasteiger partial charge on any atom is -0.478 e. The summed E-state index contributed by atoms with van der Waals surface area (Å²) in [4.78, 5) is 10.9. The summed E-state index contributed by atoms with van der Waals surface area (Å²) in [6.07, 6.45) is 3.77. The second-order valence-corrected chi connectivity index (χ2v) is 5.22. The van der Waals surface area contributed by atoms with Gasteiger partial charge in [0.1, 0.15) is 5.52 Å². The molecule has 2 aliphatic rings. The van der Waals surface area contributed by atoms with Gasteiger partial charge < -0.3 is 9.84 Å². The zero-order valence-corrected chi connectivity index (χ0v) is 10.2. The summed E-state index contributed by atoms with van der Waals surface area (Å²) < 4.78 is 7.73. The predicted octanol–water partition coefficient (Wildman–Crippen LogP) is 1.62. The molecule has 2 aromatic rings. The van der Waals surface area contributed by atoms with Gasteiger partial charge in [0, 0.05) is 0 Å². The highest BCUT2D eigenvalue weighted by molar-refractivity contribution is 5.92. The van der Waals surface area contributed by atoms with Crippen LogP contribution in [0.25, 0.3) is 11.0 Å². The summed E-state index contributed by atoms with van der Waals surface area (Å²) >= 11 is 0. The standard InChI is InChI=1S/C13H13N3O3/c17-13(18)7-1-3-10-9(5-7)14-15-16(10)11-6-8-2-4-12(11)19-8/h1,3,5,8,11-12H,2,4,6H2,(H,17,18). The average Bonchev–Trinajstić information content (AvgIpc) is 3.11. The fraction of sp³-hybridized carbons (Fsp3) is 0.462. The van der Waals surface area contributed by atoms with Gasteiger partial charge in [-0.15, -0.1) is 5.10 Å². The van der Waals surface area contributed by atoms with Gasteiger partial charge in [-0.05, 0) is 37.5 Å². The molecule has 0 amide bonds. The van der Waals surface area contributed by atoms with Crippen LogP contribution in [0.1, 0.15) is 35.7 Å². The molecule has 6 nitrogen and oxygen atoms in total. The van der Waals surface area contributed by atoms with Crippen molar-refractivity contribution in [1.82, 2.24) is 15.0 Å². The average molecular weight is 259 g/mol. The van der Waals surface area contributed by atoms with Gasteiger partial charge >= 0.3 is 5.97 Å². The second kappa shape index (κ2) is 3.77. The van der Waals surface area contributed by atoms with E-state index in [1.807, 2.05) is 4.68 Å². The highest BCUT2D eigenvalue weighted by Gasteiger charge is 2.42. The number of carboxylic acids is 1. The zero-order chi connectivity index (χ0) is 13.0. The van der Waals surface area contributed by atoms with Crippen molar-refractivity contribution in [3.8, 4) is 0 Å². The summed E-state index contributed by atoms with van der Waals surface area (Å²) in [6, 6.07) is 5.18. The molecule has 2 fully saturated rings. The fourth-order valence-corrected chi connectivity index (χ4v) is 3.19. The molecular formula is C13H13N3O3. The minimum absolute atomic E-state index is 0.231. The molecule has 0 spiro atoms. The molecular weight excluding hydrogens is 246 g/mol. The summed E-state index contributed by atoms with van der Waals surface area (Å²) in [5.41, 5.74) is 1.75. The van der Waals surface area contributed by atoms with Crippen molar-refractivity contribution in [1.29, 1.82) is 0 Å². The van der Waals surface area contributed by atoms with Gasteiger partial charge in [0.15, 0.2) is 0 Å². The molecule has 98 valence electrons. The summed E-state index contributed by atoms with van der Waals surface area (Å²) in [5, 5.41) is 17.2. The van der Waals surface area contributed by atoms with E-state index in [-0.39, 0.29) is 17.7 Å². The van der Waals surface area contributed by atoms with Crippen LogP contribution in [0.5, 0.6) is 0 Å². The van der Waals surface area contributed by atoms with E-state index in [0.29, 0.717) is 11.6 Å². The molecule has 0 aliphatic carbocycles. The van der Waals surface area contributed by atoms with E-state index in [0.717, 1.165) is 24.8 Å². The number of carbonyl (C=O) groups is 1. The first-order chi connectivity index (χ1) is 9.22. The SMILES string of the molecule is O=C(O)c1ccc2c(c1)nnn2C1CC2CCC1O2. The highest BCUT2D eigenvalue weighted by atomic mass is 16.5. The normalized spacial score (nSPS) is 29.2. The first-order valence-electron chi connectivity index (χ1n) is 6.46. The third-order valence-electron chi connectivity index (χ3n) is 4.11. The Labute approximate surface area is 109 Å². The number of hydrogen-bond donors (Lipinski definition) is 1. The van der Waals surface area contributed by atoms with E-state index in [1.165, 1.54) is 0 Å². The molecule has 6 heteroatoms. The number of aromatic carboxylic acids is 1. The van der Waals surface area contributed by atoms with E-state index in [1.54, 1.807) is 18.2 Å². The quantitative estimate of drug-likeness (QED) is 0.886. The Morgan fingerprint density at radius 1 is 1.42 bits per heavy atom. The Bertz CT molecular complexity index is 666. The maximum Gasteiger partial charge on any atom is 0.335 e. The Kier molecular flexibility index (Phi) is 2.17. The van der Waals surface area contributed by atoms with E-state index in [9.17, 15) is 4.79 Å². The van der Waals surface area contributed by atoms with Crippen molar-refractivity contribution < 1.29 is 14.6 Å². The van der Waals surface area contributed by atoms with Gasteiger partial charge in [-0.1, -0.05) is 5.21 Å². The number of benzene rings is 1. The maximum absolute atomic E-state index is 10.9. The van der Waals surface area contributed by atoms with Crippen molar-refractivity contribution in [3.63, 3.8) is 0 Å². The predicted molar refractivity (Wildman–Crippen MR) is 66.0 cm³/mol. The van der Waals surface area contributed by atoms with Crippen LogP contribution in [0.2, 0.25) is 0 Å². The lowest BCUT2D eigenvalue weighted by Gasteiger charge is -2.18. The van der Waals surface area contributed by atoms with E-state index in [2.05, 4.69) is 10.3 Å². The number of carboxylic acid groups (broad SMARTS) is 1. The van der Waals surface area contributed by atoms with E-state index >= 15 is 0 Å². The molecule has 3 unspecified atom stereocenters. The molecule has 1 aromatic carbocycles.